The number of nitrogens with zero attached hydrogens (tertiary/aromatic N) is 1. The number of phenolic OH excluding ortho intramolecular Hbond substituents is 1. The monoisotopic (exact) mass is 459 g/mol. The van der Waals surface area contributed by atoms with Crippen molar-refractivity contribution in [1.29, 1.82) is 0 Å². The minimum atomic E-state index is -0.160. The van der Waals surface area contributed by atoms with Crippen molar-refractivity contribution in [3.8, 4) is 5.75 Å². The molecule has 3 rings (SSSR count). The lowest BCUT2D eigenvalue weighted by Gasteiger charge is -2.34. The molecule has 0 saturated carbocycles. The molecule has 3 aromatic carbocycles. The summed E-state index contributed by atoms with van der Waals surface area (Å²) in [5.41, 5.74) is 6.71. The lowest BCUT2D eigenvalue weighted by atomic mass is 9.82. The Morgan fingerprint density at radius 3 is 2.24 bits per heavy atom. The van der Waals surface area contributed by atoms with Crippen molar-refractivity contribution >= 4 is 25.8 Å². The summed E-state index contributed by atoms with van der Waals surface area (Å²) in [6, 6.07) is 20.9. The van der Waals surface area contributed by atoms with E-state index < -0.39 is 0 Å². The van der Waals surface area contributed by atoms with Gasteiger partial charge in [-0.2, -0.15) is 0 Å². The van der Waals surface area contributed by atoms with Gasteiger partial charge in [0.2, 0.25) is 0 Å². The van der Waals surface area contributed by atoms with Crippen LogP contribution >= 0.6 is 8.58 Å². The highest BCUT2D eigenvalue weighted by atomic mass is 31.1. The maximum Gasteiger partial charge on any atom is 0.122 e. The van der Waals surface area contributed by atoms with E-state index in [0.29, 0.717) is 14.3 Å². The Hall–Kier alpha value is -2.44. The van der Waals surface area contributed by atoms with Crippen LogP contribution in [0.4, 0.5) is 5.69 Å². The number of hydrogen-bond donors (Lipinski definition) is 1. The van der Waals surface area contributed by atoms with E-state index in [1.165, 1.54) is 16.4 Å². The number of benzene rings is 3. The Morgan fingerprint density at radius 2 is 1.61 bits per heavy atom. The molecule has 2 nitrogen and oxygen atoms in total. The molecule has 0 aliphatic carbocycles. The smallest absolute Gasteiger partial charge is 0.122 e. The standard InChI is InChI=1S/C30H38NOP/c1-8-17-30(7,26-19-24(29(4,5)6)18-22(3)27(26)32)33-28-21(2)13-12-14-23(28)20-31-25-15-10-9-11-16-25/h9-16,18-20,32-33H,8,17H2,1-7H3/b31-20+. The molecule has 1 N–H and O–H groups in total. The zero-order valence-electron chi connectivity index (χ0n) is 21.2. The predicted molar refractivity (Wildman–Crippen MR) is 147 cm³/mol. The fraction of sp³-hybridized carbons (Fsp3) is 0.367. The molecule has 0 aliphatic heterocycles. The van der Waals surface area contributed by atoms with Crippen LogP contribution in [0.3, 0.4) is 0 Å². The van der Waals surface area contributed by atoms with Crippen molar-refractivity contribution in [2.75, 3.05) is 0 Å². The number of hydrogen-bond acceptors (Lipinski definition) is 2. The second-order valence-corrected chi connectivity index (χ2v) is 12.1. The molecule has 0 aromatic heterocycles. The fourth-order valence-corrected chi connectivity index (χ4v) is 6.13. The van der Waals surface area contributed by atoms with Crippen molar-refractivity contribution in [1.82, 2.24) is 0 Å². The number of phenols is 1. The van der Waals surface area contributed by atoms with Crippen LogP contribution < -0.4 is 5.30 Å². The molecule has 2 atom stereocenters. The zero-order valence-corrected chi connectivity index (χ0v) is 22.2. The minimum Gasteiger partial charge on any atom is -0.507 e. The van der Waals surface area contributed by atoms with Crippen molar-refractivity contribution in [2.24, 2.45) is 4.99 Å². The van der Waals surface area contributed by atoms with Crippen molar-refractivity contribution in [3.05, 3.63) is 88.5 Å². The van der Waals surface area contributed by atoms with E-state index in [9.17, 15) is 5.11 Å². The number of para-hydroxylation sites is 1. The Kier molecular flexibility index (Phi) is 7.80. The molecule has 0 saturated heterocycles. The van der Waals surface area contributed by atoms with E-state index in [4.69, 9.17) is 4.99 Å². The molecule has 174 valence electrons. The summed E-state index contributed by atoms with van der Waals surface area (Å²) in [5.74, 6) is 0.444. The molecular weight excluding hydrogens is 421 g/mol. The molecule has 0 spiro atoms. The van der Waals surface area contributed by atoms with Gasteiger partial charge in [-0.25, -0.2) is 0 Å². The summed E-state index contributed by atoms with van der Waals surface area (Å²) in [6.07, 6.45) is 4.06. The lowest BCUT2D eigenvalue weighted by Crippen LogP contribution is -2.23. The molecule has 0 aliphatic rings. The van der Waals surface area contributed by atoms with Gasteiger partial charge in [0.1, 0.15) is 5.75 Å². The summed E-state index contributed by atoms with van der Waals surface area (Å²) >= 11 is 0. The Labute approximate surface area is 202 Å². The Bertz CT molecular complexity index is 1130. The zero-order chi connectivity index (χ0) is 24.2. The molecule has 0 bridgehead atoms. The molecule has 2 unspecified atom stereocenters. The summed E-state index contributed by atoms with van der Waals surface area (Å²) < 4.78 is 0. The Balaban J connectivity index is 2.10. The highest BCUT2D eigenvalue weighted by Crippen LogP contribution is 2.50. The predicted octanol–water partition coefficient (Wildman–Crippen LogP) is 8.08. The van der Waals surface area contributed by atoms with Crippen LogP contribution in [-0.2, 0) is 10.6 Å². The van der Waals surface area contributed by atoms with E-state index in [2.05, 4.69) is 71.9 Å². The molecular formula is C30H38NOP. The van der Waals surface area contributed by atoms with Gasteiger partial charge in [-0.05, 0) is 59.8 Å². The Morgan fingerprint density at radius 1 is 0.909 bits per heavy atom. The first-order valence-electron chi connectivity index (χ1n) is 11.9. The van der Waals surface area contributed by atoms with Crippen LogP contribution in [0.15, 0.2) is 65.7 Å². The molecule has 0 heterocycles. The third-order valence-electron chi connectivity index (χ3n) is 6.33. The second kappa shape index (κ2) is 10.2. The number of aliphatic imine (C=N–C) groups is 1. The van der Waals surface area contributed by atoms with E-state index in [0.717, 1.165) is 35.2 Å². The topological polar surface area (TPSA) is 32.6 Å². The highest BCUT2D eigenvalue weighted by molar-refractivity contribution is 7.49. The second-order valence-electron chi connectivity index (χ2n) is 10.3. The van der Waals surface area contributed by atoms with E-state index in [-0.39, 0.29) is 10.6 Å². The summed E-state index contributed by atoms with van der Waals surface area (Å²) in [4.78, 5) is 4.74. The van der Waals surface area contributed by atoms with Gasteiger partial charge in [-0.3, -0.25) is 4.99 Å². The van der Waals surface area contributed by atoms with Gasteiger partial charge < -0.3 is 5.11 Å². The van der Waals surface area contributed by atoms with Crippen LogP contribution in [0, 0.1) is 13.8 Å². The van der Waals surface area contributed by atoms with Crippen LogP contribution in [0.5, 0.6) is 5.75 Å². The molecule has 0 amide bonds. The molecule has 33 heavy (non-hydrogen) atoms. The van der Waals surface area contributed by atoms with Gasteiger partial charge in [-0.15, -0.1) is 0 Å². The van der Waals surface area contributed by atoms with Gasteiger partial charge >= 0.3 is 0 Å². The average molecular weight is 460 g/mol. The third kappa shape index (κ3) is 5.92. The first-order chi connectivity index (χ1) is 15.5. The summed E-state index contributed by atoms with van der Waals surface area (Å²) in [5, 5.41) is 12.4. The SMILES string of the molecule is CCCC(C)(Pc1c(C)cccc1/C=N/c1ccccc1)c1cc(C(C)(C)C)cc(C)c1O. The average Bonchev–Trinajstić information content (AvgIpc) is 2.76. The van der Waals surface area contributed by atoms with Gasteiger partial charge in [0.15, 0.2) is 0 Å². The molecule has 0 radical (unpaired) electrons. The maximum atomic E-state index is 11.2. The first kappa shape index (κ1) is 25.2. The summed E-state index contributed by atoms with van der Waals surface area (Å²) in [7, 11) is 0.519. The van der Waals surface area contributed by atoms with Gasteiger partial charge in [-0.1, -0.05) is 98.2 Å². The van der Waals surface area contributed by atoms with Gasteiger partial charge in [0, 0.05) is 22.5 Å². The van der Waals surface area contributed by atoms with Crippen molar-refractivity contribution in [3.63, 3.8) is 0 Å². The maximum absolute atomic E-state index is 11.2. The van der Waals surface area contributed by atoms with Crippen LogP contribution in [0.2, 0.25) is 0 Å². The number of rotatable bonds is 7. The highest BCUT2D eigenvalue weighted by Gasteiger charge is 2.32. The fourth-order valence-electron chi connectivity index (χ4n) is 4.30. The van der Waals surface area contributed by atoms with Crippen LogP contribution in [0.25, 0.3) is 0 Å². The molecule has 0 fully saturated rings. The number of aromatic hydroxyl groups is 1. The molecule has 3 aromatic rings. The van der Waals surface area contributed by atoms with E-state index in [1.54, 1.807) is 0 Å². The van der Waals surface area contributed by atoms with Gasteiger partial charge in [0.25, 0.3) is 0 Å². The third-order valence-corrected chi connectivity index (χ3v) is 8.33. The lowest BCUT2D eigenvalue weighted by molar-refractivity contribution is 0.447. The van der Waals surface area contributed by atoms with E-state index >= 15 is 0 Å². The minimum absolute atomic E-state index is 0.0274. The normalized spacial score (nSPS) is 14.3. The summed E-state index contributed by atoms with van der Waals surface area (Å²) in [6.45, 7) is 15.5. The van der Waals surface area contributed by atoms with Gasteiger partial charge in [0.05, 0.1) is 5.69 Å². The number of aryl methyl sites for hydroxylation is 2. The van der Waals surface area contributed by atoms with Crippen LogP contribution in [-0.4, -0.2) is 11.3 Å². The quantitative estimate of drug-likeness (QED) is 0.281. The van der Waals surface area contributed by atoms with Crippen LogP contribution in [0.1, 0.15) is 75.3 Å². The largest absolute Gasteiger partial charge is 0.507 e. The molecule has 3 heteroatoms. The van der Waals surface area contributed by atoms with E-state index in [1.807, 2.05) is 43.5 Å². The van der Waals surface area contributed by atoms with Crippen molar-refractivity contribution in [2.45, 2.75) is 71.9 Å². The van der Waals surface area contributed by atoms with Crippen molar-refractivity contribution < 1.29 is 5.11 Å². The first-order valence-corrected chi connectivity index (χ1v) is 12.9.